The summed E-state index contributed by atoms with van der Waals surface area (Å²) in [5, 5.41) is 3.05. The van der Waals surface area contributed by atoms with Gasteiger partial charge >= 0.3 is 0 Å². The van der Waals surface area contributed by atoms with Gasteiger partial charge in [-0.05, 0) is 6.08 Å². The van der Waals surface area contributed by atoms with Crippen LogP contribution in [0.25, 0.3) is 0 Å². The smallest absolute Gasteiger partial charge is 0.122 e. The van der Waals surface area contributed by atoms with Gasteiger partial charge in [0.25, 0.3) is 0 Å². The first kappa shape index (κ1) is 7.15. The van der Waals surface area contributed by atoms with Crippen molar-refractivity contribution in [2.24, 2.45) is 5.73 Å². The lowest BCUT2D eigenvalue weighted by Crippen LogP contribution is -2.21. The van der Waals surface area contributed by atoms with Crippen LogP contribution in [-0.2, 0) is 4.74 Å². The Kier molecular flexibility index (Phi) is 2.34. The van der Waals surface area contributed by atoms with E-state index in [2.05, 4.69) is 5.32 Å². The van der Waals surface area contributed by atoms with Crippen LogP contribution in [0.1, 0.15) is 0 Å². The average Bonchev–Trinajstić information content (AvgIpc) is 2.04. The summed E-state index contributed by atoms with van der Waals surface area (Å²) in [6.07, 6.45) is 3.74. The van der Waals surface area contributed by atoms with Crippen molar-refractivity contribution < 1.29 is 4.74 Å². The summed E-state index contributed by atoms with van der Waals surface area (Å²) >= 11 is 0. The summed E-state index contributed by atoms with van der Waals surface area (Å²) in [5.74, 6) is 0.890. The van der Waals surface area contributed by atoms with E-state index in [9.17, 15) is 0 Å². The van der Waals surface area contributed by atoms with Gasteiger partial charge in [-0.25, -0.2) is 0 Å². The maximum absolute atomic E-state index is 5.46. The van der Waals surface area contributed by atoms with Crippen LogP contribution in [0, 0.1) is 0 Å². The SMILES string of the molecule is COC1=C(CN)CNC=C1. The number of methoxy groups -OCH3 is 1. The summed E-state index contributed by atoms with van der Waals surface area (Å²) in [6.45, 7) is 1.36. The molecule has 0 bridgehead atoms. The molecule has 1 aliphatic rings. The first-order chi connectivity index (χ1) is 4.88. The van der Waals surface area contributed by atoms with E-state index in [4.69, 9.17) is 10.5 Å². The molecule has 10 heavy (non-hydrogen) atoms. The van der Waals surface area contributed by atoms with E-state index < -0.39 is 0 Å². The second-order valence-electron chi connectivity index (χ2n) is 2.09. The minimum Gasteiger partial charge on any atom is -0.497 e. The Morgan fingerprint density at radius 1 is 1.80 bits per heavy atom. The third kappa shape index (κ3) is 1.30. The minimum atomic E-state index is 0.556. The molecule has 0 aromatic rings. The molecule has 0 saturated heterocycles. The first-order valence-corrected chi connectivity index (χ1v) is 3.24. The van der Waals surface area contributed by atoms with Crippen molar-refractivity contribution in [2.45, 2.75) is 0 Å². The van der Waals surface area contributed by atoms with Crippen molar-refractivity contribution in [3.8, 4) is 0 Å². The third-order valence-electron chi connectivity index (χ3n) is 1.48. The van der Waals surface area contributed by atoms with Crippen molar-refractivity contribution in [3.05, 3.63) is 23.6 Å². The highest BCUT2D eigenvalue weighted by Gasteiger charge is 2.04. The van der Waals surface area contributed by atoms with Crippen LogP contribution in [0.15, 0.2) is 23.6 Å². The second-order valence-corrected chi connectivity index (χ2v) is 2.09. The first-order valence-electron chi connectivity index (χ1n) is 3.24. The van der Waals surface area contributed by atoms with Crippen LogP contribution in [0.2, 0.25) is 0 Å². The molecule has 0 spiro atoms. The van der Waals surface area contributed by atoms with Gasteiger partial charge in [0.05, 0.1) is 7.11 Å². The summed E-state index contributed by atoms with van der Waals surface area (Å²) in [4.78, 5) is 0. The van der Waals surface area contributed by atoms with E-state index in [-0.39, 0.29) is 0 Å². The monoisotopic (exact) mass is 140 g/mol. The third-order valence-corrected chi connectivity index (χ3v) is 1.48. The predicted octanol–water partition coefficient (Wildman–Crippen LogP) is -0.0375. The Morgan fingerprint density at radius 2 is 2.60 bits per heavy atom. The fourth-order valence-electron chi connectivity index (χ4n) is 0.907. The number of hydrogen-bond donors (Lipinski definition) is 2. The molecule has 0 fully saturated rings. The highest BCUT2D eigenvalue weighted by atomic mass is 16.5. The lowest BCUT2D eigenvalue weighted by Gasteiger charge is -2.13. The Balaban J connectivity index is 2.73. The molecule has 0 aromatic carbocycles. The van der Waals surface area contributed by atoms with Crippen molar-refractivity contribution >= 4 is 0 Å². The molecule has 56 valence electrons. The Morgan fingerprint density at radius 3 is 3.10 bits per heavy atom. The Bertz CT molecular complexity index is 172. The molecule has 3 N–H and O–H groups in total. The number of nitrogens with one attached hydrogen (secondary N) is 1. The van der Waals surface area contributed by atoms with Crippen molar-refractivity contribution in [2.75, 3.05) is 20.2 Å². The van der Waals surface area contributed by atoms with Crippen LogP contribution in [0.4, 0.5) is 0 Å². The van der Waals surface area contributed by atoms with E-state index in [1.807, 2.05) is 12.3 Å². The number of hydrogen-bond acceptors (Lipinski definition) is 3. The summed E-state index contributed by atoms with van der Waals surface area (Å²) in [6, 6.07) is 0. The van der Waals surface area contributed by atoms with Crippen molar-refractivity contribution in [1.29, 1.82) is 0 Å². The number of rotatable bonds is 2. The molecule has 0 amide bonds. The maximum atomic E-state index is 5.46. The zero-order valence-electron chi connectivity index (χ0n) is 6.05. The molecule has 1 heterocycles. The van der Waals surface area contributed by atoms with Gasteiger partial charge in [0.2, 0.25) is 0 Å². The molecule has 0 atom stereocenters. The predicted molar refractivity (Wildman–Crippen MR) is 40.2 cm³/mol. The van der Waals surface area contributed by atoms with E-state index in [0.717, 1.165) is 17.9 Å². The summed E-state index contributed by atoms with van der Waals surface area (Å²) in [5.41, 5.74) is 6.57. The largest absolute Gasteiger partial charge is 0.497 e. The standard InChI is InChI=1S/C7H12N2O/c1-10-7-2-3-9-5-6(7)4-8/h2-3,9H,4-5,8H2,1H3. The van der Waals surface area contributed by atoms with E-state index in [0.29, 0.717) is 6.54 Å². The molecule has 0 aromatic heterocycles. The van der Waals surface area contributed by atoms with Gasteiger partial charge in [0.1, 0.15) is 5.76 Å². The quantitative estimate of drug-likeness (QED) is 0.566. The molecular weight excluding hydrogens is 128 g/mol. The summed E-state index contributed by atoms with van der Waals surface area (Å²) in [7, 11) is 1.65. The van der Waals surface area contributed by atoms with Gasteiger partial charge in [0, 0.05) is 24.9 Å². The Hall–Kier alpha value is -0.960. The topological polar surface area (TPSA) is 47.3 Å². The normalized spacial score (nSPS) is 17.0. The van der Waals surface area contributed by atoms with Crippen molar-refractivity contribution in [1.82, 2.24) is 5.32 Å². The zero-order chi connectivity index (χ0) is 7.40. The van der Waals surface area contributed by atoms with E-state index in [1.54, 1.807) is 7.11 Å². The molecule has 0 radical (unpaired) electrons. The fraction of sp³-hybridized carbons (Fsp3) is 0.429. The van der Waals surface area contributed by atoms with Crippen LogP contribution in [0.3, 0.4) is 0 Å². The van der Waals surface area contributed by atoms with Crippen LogP contribution >= 0.6 is 0 Å². The van der Waals surface area contributed by atoms with Gasteiger partial charge in [-0.3, -0.25) is 0 Å². The van der Waals surface area contributed by atoms with Gasteiger partial charge in [-0.15, -0.1) is 0 Å². The second kappa shape index (κ2) is 3.27. The summed E-state index contributed by atoms with van der Waals surface area (Å²) < 4.78 is 5.07. The number of nitrogens with two attached hydrogens (primary N) is 1. The molecule has 1 aliphatic heterocycles. The van der Waals surface area contributed by atoms with E-state index in [1.165, 1.54) is 0 Å². The number of dihydropyridines is 1. The molecule has 0 saturated carbocycles. The van der Waals surface area contributed by atoms with Crippen LogP contribution in [-0.4, -0.2) is 20.2 Å². The molecular formula is C7H12N2O. The lowest BCUT2D eigenvalue weighted by atomic mass is 10.2. The Labute approximate surface area is 60.5 Å². The zero-order valence-corrected chi connectivity index (χ0v) is 6.05. The molecule has 3 nitrogen and oxygen atoms in total. The van der Waals surface area contributed by atoms with Gasteiger partial charge in [-0.2, -0.15) is 0 Å². The molecule has 3 heteroatoms. The van der Waals surface area contributed by atoms with Gasteiger partial charge < -0.3 is 15.8 Å². The van der Waals surface area contributed by atoms with Crippen LogP contribution in [0.5, 0.6) is 0 Å². The minimum absolute atomic E-state index is 0.556. The van der Waals surface area contributed by atoms with Gasteiger partial charge in [0.15, 0.2) is 0 Å². The molecule has 0 unspecified atom stereocenters. The van der Waals surface area contributed by atoms with Crippen molar-refractivity contribution in [3.63, 3.8) is 0 Å². The molecule has 1 rings (SSSR count). The maximum Gasteiger partial charge on any atom is 0.122 e. The fourth-order valence-corrected chi connectivity index (χ4v) is 0.907. The van der Waals surface area contributed by atoms with Gasteiger partial charge in [-0.1, -0.05) is 0 Å². The van der Waals surface area contributed by atoms with Crippen LogP contribution < -0.4 is 11.1 Å². The van der Waals surface area contributed by atoms with E-state index >= 15 is 0 Å². The highest BCUT2D eigenvalue weighted by Crippen LogP contribution is 2.07. The number of allylic oxidation sites excluding steroid dienone is 1. The average molecular weight is 140 g/mol. The highest BCUT2D eigenvalue weighted by molar-refractivity contribution is 5.25. The molecule has 0 aliphatic carbocycles. The number of ether oxygens (including phenoxy) is 1. The lowest BCUT2D eigenvalue weighted by molar-refractivity contribution is 0.298.